The molecule has 1 aromatic heterocycles. The van der Waals surface area contributed by atoms with E-state index >= 15 is 0 Å². The number of aryl methyl sites for hydroxylation is 1. The lowest BCUT2D eigenvalue weighted by atomic mass is 10.3. The first-order valence-electron chi connectivity index (χ1n) is 5.43. The molecule has 0 aliphatic heterocycles. The molecule has 0 unspecified atom stereocenters. The zero-order chi connectivity index (χ0) is 12.8. The number of thiophene rings is 1. The minimum absolute atomic E-state index is 0. The van der Waals surface area contributed by atoms with Gasteiger partial charge in [0.1, 0.15) is 4.88 Å². The van der Waals surface area contributed by atoms with E-state index in [9.17, 15) is 4.79 Å². The number of hydrogen-bond acceptors (Lipinski definition) is 4. The van der Waals surface area contributed by atoms with Crippen LogP contribution in [0.2, 0.25) is 0 Å². The zero-order valence-corrected chi connectivity index (χ0v) is 13.9. The molecule has 1 aromatic rings. The van der Waals surface area contributed by atoms with Gasteiger partial charge in [-0.1, -0.05) is 6.92 Å². The summed E-state index contributed by atoms with van der Waals surface area (Å²) in [5.41, 5.74) is 0. The molecule has 7 heteroatoms. The quantitative estimate of drug-likeness (QED) is 0.769. The first-order chi connectivity index (χ1) is 8.11. The third kappa shape index (κ3) is 4.42. The monoisotopic (exact) mass is 356 g/mol. The van der Waals surface area contributed by atoms with E-state index in [2.05, 4.69) is 26.6 Å². The van der Waals surface area contributed by atoms with E-state index in [-0.39, 0.29) is 18.3 Å². The van der Waals surface area contributed by atoms with Crippen molar-refractivity contribution in [2.75, 3.05) is 26.7 Å². The zero-order valence-electron chi connectivity index (χ0n) is 10.6. The van der Waals surface area contributed by atoms with E-state index < -0.39 is 0 Å². The van der Waals surface area contributed by atoms with Crippen LogP contribution in [0.5, 0.6) is 5.75 Å². The summed E-state index contributed by atoms with van der Waals surface area (Å²) in [6.07, 6.45) is 0. The summed E-state index contributed by atoms with van der Waals surface area (Å²) in [5.74, 6) is 0.534. The van der Waals surface area contributed by atoms with Crippen molar-refractivity contribution >= 4 is 45.6 Å². The number of nitrogens with one attached hydrogen (secondary N) is 2. The maximum Gasteiger partial charge on any atom is 0.265 e. The molecular weight excluding hydrogens is 340 g/mol. The Morgan fingerprint density at radius 3 is 2.67 bits per heavy atom. The Kier molecular flexibility index (Phi) is 8.60. The van der Waals surface area contributed by atoms with Crippen LogP contribution in [0.15, 0.2) is 4.47 Å². The maximum absolute atomic E-state index is 11.9. The van der Waals surface area contributed by atoms with E-state index in [0.717, 1.165) is 22.4 Å². The Hall–Kier alpha value is -0.300. The molecule has 18 heavy (non-hydrogen) atoms. The fraction of sp³-hybridized carbons (Fsp3) is 0.545. The van der Waals surface area contributed by atoms with Crippen LogP contribution in [0.25, 0.3) is 0 Å². The van der Waals surface area contributed by atoms with Gasteiger partial charge >= 0.3 is 0 Å². The van der Waals surface area contributed by atoms with Crippen LogP contribution in [0.4, 0.5) is 0 Å². The van der Waals surface area contributed by atoms with Gasteiger partial charge < -0.3 is 15.4 Å². The van der Waals surface area contributed by atoms with Crippen molar-refractivity contribution in [3.8, 4) is 5.75 Å². The van der Waals surface area contributed by atoms with Crippen molar-refractivity contribution in [1.29, 1.82) is 0 Å². The molecule has 0 radical (unpaired) electrons. The average Bonchev–Trinajstić information content (AvgIpc) is 2.61. The number of carbonyl (C=O) groups excluding carboxylic acids is 1. The summed E-state index contributed by atoms with van der Waals surface area (Å²) >= 11 is 4.85. The molecule has 1 heterocycles. The number of methoxy groups -OCH3 is 1. The molecule has 4 nitrogen and oxygen atoms in total. The fourth-order valence-electron chi connectivity index (χ4n) is 1.36. The van der Waals surface area contributed by atoms with E-state index in [4.69, 9.17) is 4.74 Å². The fourth-order valence-corrected chi connectivity index (χ4v) is 3.02. The normalized spacial score (nSPS) is 9.78. The summed E-state index contributed by atoms with van der Waals surface area (Å²) in [6, 6.07) is 0. The average molecular weight is 358 g/mol. The Bertz CT molecular complexity index is 399. The largest absolute Gasteiger partial charge is 0.494 e. The SMILES string of the molecule is CCNCCNC(=O)c1sc(C)c(Br)c1OC.Cl. The van der Waals surface area contributed by atoms with E-state index in [1.807, 2.05) is 13.8 Å². The first kappa shape index (κ1) is 17.7. The number of likely N-dealkylation sites (N-methyl/N-ethyl adjacent to an activating group) is 1. The third-order valence-corrected chi connectivity index (χ3v) is 4.52. The molecule has 1 rings (SSSR count). The van der Waals surface area contributed by atoms with Crippen LogP contribution in [0.3, 0.4) is 0 Å². The molecule has 2 N–H and O–H groups in total. The molecule has 0 saturated heterocycles. The Morgan fingerprint density at radius 1 is 1.44 bits per heavy atom. The second kappa shape index (κ2) is 8.74. The van der Waals surface area contributed by atoms with Gasteiger partial charge in [-0.2, -0.15) is 0 Å². The van der Waals surface area contributed by atoms with Gasteiger partial charge in [0.25, 0.3) is 5.91 Å². The van der Waals surface area contributed by atoms with Crippen molar-refractivity contribution in [3.63, 3.8) is 0 Å². The van der Waals surface area contributed by atoms with Crippen LogP contribution in [0.1, 0.15) is 21.5 Å². The highest BCUT2D eigenvalue weighted by Gasteiger charge is 2.20. The van der Waals surface area contributed by atoms with Crippen molar-refractivity contribution in [1.82, 2.24) is 10.6 Å². The molecular formula is C11H18BrClN2O2S. The molecule has 0 atom stereocenters. The van der Waals surface area contributed by atoms with Crippen LogP contribution in [-0.4, -0.2) is 32.7 Å². The molecule has 0 bridgehead atoms. The van der Waals surface area contributed by atoms with E-state index in [1.165, 1.54) is 11.3 Å². The molecule has 0 saturated carbocycles. The van der Waals surface area contributed by atoms with E-state index in [0.29, 0.717) is 17.2 Å². The molecule has 1 amide bonds. The predicted octanol–water partition coefficient (Wildman–Crippen LogP) is 2.59. The number of halogens is 2. The highest BCUT2D eigenvalue weighted by molar-refractivity contribution is 9.10. The number of carbonyl (C=O) groups is 1. The molecule has 0 aromatic carbocycles. The van der Waals surface area contributed by atoms with Crippen molar-refractivity contribution < 1.29 is 9.53 Å². The highest BCUT2D eigenvalue weighted by Crippen LogP contribution is 2.38. The third-order valence-electron chi connectivity index (χ3n) is 2.22. The van der Waals surface area contributed by atoms with Gasteiger partial charge in [0.05, 0.1) is 11.6 Å². The van der Waals surface area contributed by atoms with E-state index in [1.54, 1.807) is 7.11 Å². The summed E-state index contributed by atoms with van der Waals surface area (Å²) in [5, 5.41) is 6.01. The Labute approximate surface area is 126 Å². The summed E-state index contributed by atoms with van der Waals surface area (Å²) < 4.78 is 6.10. The highest BCUT2D eigenvalue weighted by atomic mass is 79.9. The lowest BCUT2D eigenvalue weighted by molar-refractivity contribution is 0.0955. The molecule has 104 valence electrons. The second-order valence-electron chi connectivity index (χ2n) is 3.44. The first-order valence-corrected chi connectivity index (χ1v) is 7.04. The Balaban J connectivity index is 0.00000289. The van der Waals surface area contributed by atoms with Crippen molar-refractivity contribution in [2.24, 2.45) is 0 Å². The number of amides is 1. The van der Waals surface area contributed by atoms with Gasteiger partial charge in [-0.3, -0.25) is 4.79 Å². The Morgan fingerprint density at radius 2 is 2.11 bits per heavy atom. The van der Waals surface area contributed by atoms with Crippen LogP contribution in [0, 0.1) is 6.92 Å². The molecule has 0 aliphatic carbocycles. The van der Waals surface area contributed by atoms with Crippen LogP contribution >= 0.6 is 39.7 Å². The number of hydrogen-bond donors (Lipinski definition) is 2. The molecule has 0 fully saturated rings. The summed E-state index contributed by atoms with van der Waals surface area (Å²) in [6.45, 7) is 6.28. The minimum Gasteiger partial charge on any atom is -0.494 e. The van der Waals surface area contributed by atoms with Gasteiger partial charge in [0.15, 0.2) is 5.75 Å². The molecule has 0 spiro atoms. The smallest absolute Gasteiger partial charge is 0.265 e. The summed E-state index contributed by atoms with van der Waals surface area (Å²) in [7, 11) is 1.57. The van der Waals surface area contributed by atoms with Gasteiger partial charge in [0, 0.05) is 18.0 Å². The van der Waals surface area contributed by atoms with Crippen molar-refractivity contribution in [3.05, 3.63) is 14.2 Å². The predicted molar refractivity (Wildman–Crippen MR) is 81.4 cm³/mol. The summed E-state index contributed by atoms with van der Waals surface area (Å²) in [4.78, 5) is 13.6. The lowest BCUT2D eigenvalue weighted by Crippen LogP contribution is -2.31. The van der Waals surface area contributed by atoms with Gasteiger partial charge in [0.2, 0.25) is 0 Å². The topological polar surface area (TPSA) is 50.4 Å². The minimum atomic E-state index is -0.0847. The van der Waals surface area contributed by atoms with Crippen LogP contribution < -0.4 is 15.4 Å². The lowest BCUT2D eigenvalue weighted by Gasteiger charge is -2.05. The standard InChI is InChI=1S/C11H17BrN2O2S.ClH/c1-4-13-5-6-14-11(15)10-9(16-3)8(12)7(2)17-10;/h13H,4-6H2,1-3H3,(H,14,15);1H. The second-order valence-corrected chi connectivity index (χ2v) is 5.46. The maximum atomic E-state index is 11.9. The number of ether oxygens (including phenoxy) is 1. The number of rotatable bonds is 6. The van der Waals surface area contributed by atoms with Crippen molar-refractivity contribution in [2.45, 2.75) is 13.8 Å². The van der Waals surface area contributed by atoms with Crippen LogP contribution in [-0.2, 0) is 0 Å². The van der Waals surface area contributed by atoms with Gasteiger partial charge in [-0.15, -0.1) is 23.7 Å². The van der Waals surface area contributed by atoms with Gasteiger partial charge in [-0.05, 0) is 29.4 Å². The molecule has 0 aliphatic rings. The van der Waals surface area contributed by atoms with Gasteiger partial charge in [-0.25, -0.2) is 0 Å².